The molecule has 13 heteroatoms. The van der Waals surface area contributed by atoms with Crippen LogP contribution in [0, 0.1) is 6.92 Å². The third-order valence-corrected chi connectivity index (χ3v) is 8.89. The normalized spacial score (nSPS) is 14.3. The highest BCUT2D eigenvalue weighted by Gasteiger charge is 2.37. The fourth-order valence-electron chi connectivity index (χ4n) is 4.40. The summed E-state index contributed by atoms with van der Waals surface area (Å²) in [5, 5.41) is 2.74. The Morgan fingerprint density at radius 1 is 0.935 bits per heavy atom. The van der Waals surface area contributed by atoms with Gasteiger partial charge in [-0.25, -0.2) is 9.69 Å². The Bertz CT molecular complexity index is 1960. The number of amides is 4. The van der Waals surface area contributed by atoms with E-state index in [0.717, 1.165) is 16.0 Å². The number of carbonyl (C=O) groups is 3. The monoisotopic (exact) mass is 724 g/mol. The Morgan fingerprint density at radius 2 is 1.63 bits per heavy atom. The predicted molar refractivity (Wildman–Crippen MR) is 176 cm³/mol. The van der Waals surface area contributed by atoms with Crippen LogP contribution in [-0.4, -0.2) is 32.9 Å². The van der Waals surface area contributed by atoms with Crippen LogP contribution in [0.4, 0.5) is 10.5 Å². The molecule has 0 aromatic heterocycles. The van der Waals surface area contributed by atoms with E-state index in [1.54, 1.807) is 37.3 Å². The van der Waals surface area contributed by atoms with Gasteiger partial charge in [-0.1, -0.05) is 47.5 Å². The van der Waals surface area contributed by atoms with Crippen LogP contribution in [0.2, 0.25) is 5.02 Å². The molecule has 1 heterocycles. The van der Waals surface area contributed by atoms with Crippen molar-refractivity contribution in [3.8, 4) is 17.2 Å². The van der Waals surface area contributed by atoms with Crippen molar-refractivity contribution in [3.05, 3.63) is 117 Å². The fourth-order valence-corrected chi connectivity index (χ4v) is 6.20. The van der Waals surface area contributed by atoms with Gasteiger partial charge in [-0.05, 0) is 96.0 Å². The number of halogens is 2. The molecule has 1 fully saturated rings. The molecule has 0 unspecified atom stereocenters. The van der Waals surface area contributed by atoms with Gasteiger partial charge in [0.2, 0.25) is 0 Å². The lowest BCUT2D eigenvalue weighted by Gasteiger charge is -2.26. The topological polar surface area (TPSA) is 128 Å². The van der Waals surface area contributed by atoms with Crippen molar-refractivity contribution in [2.75, 3.05) is 11.5 Å². The van der Waals surface area contributed by atoms with Crippen LogP contribution >= 0.6 is 27.5 Å². The summed E-state index contributed by atoms with van der Waals surface area (Å²) in [4.78, 5) is 39.8. The second-order valence-electron chi connectivity index (χ2n) is 9.95. The van der Waals surface area contributed by atoms with Crippen LogP contribution in [0.5, 0.6) is 17.2 Å². The summed E-state index contributed by atoms with van der Waals surface area (Å²) in [5.74, 6) is -1.36. The summed E-state index contributed by atoms with van der Waals surface area (Å²) in [6, 6.07) is 21.6. The van der Waals surface area contributed by atoms with E-state index in [1.165, 1.54) is 42.5 Å². The Labute approximate surface area is 278 Å². The number of aryl methyl sites for hydroxylation is 1. The minimum absolute atomic E-state index is 0.0448. The maximum Gasteiger partial charge on any atom is 0.339 e. The first-order valence-corrected chi connectivity index (χ1v) is 16.4. The zero-order chi connectivity index (χ0) is 33.0. The van der Waals surface area contributed by atoms with Gasteiger partial charge in [-0.2, -0.15) is 8.42 Å². The molecule has 5 rings (SSSR count). The van der Waals surface area contributed by atoms with Crippen LogP contribution in [-0.2, 0) is 26.3 Å². The van der Waals surface area contributed by atoms with Crippen molar-refractivity contribution in [1.29, 1.82) is 0 Å². The molecule has 10 nitrogen and oxygen atoms in total. The Morgan fingerprint density at radius 3 is 2.30 bits per heavy atom. The number of benzene rings is 4. The van der Waals surface area contributed by atoms with Crippen LogP contribution in [0.15, 0.2) is 99.9 Å². The molecule has 0 atom stereocenters. The van der Waals surface area contributed by atoms with Crippen molar-refractivity contribution in [3.63, 3.8) is 0 Å². The highest BCUT2D eigenvalue weighted by atomic mass is 79.9. The molecule has 4 aromatic rings. The third-order valence-electron chi connectivity index (χ3n) is 6.69. The van der Waals surface area contributed by atoms with E-state index in [4.69, 9.17) is 25.3 Å². The van der Waals surface area contributed by atoms with Crippen LogP contribution in [0.1, 0.15) is 23.6 Å². The quantitative estimate of drug-likeness (QED) is 0.107. The number of barbiturate groups is 1. The molecule has 1 aliphatic rings. The number of nitrogens with one attached hydrogen (secondary N) is 1. The van der Waals surface area contributed by atoms with Crippen molar-refractivity contribution >= 4 is 67.3 Å². The van der Waals surface area contributed by atoms with Gasteiger partial charge >= 0.3 is 16.1 Å². The summed E-state index contributed by atoms with van der Waals surface area (Å²) < 4.78 is 43.0. The minimum atomic E-state index is -4.22. The molecular formula is C33H26BrClN2O8S. The van der Waals surface area contributed by atoms with E-state index in [1.807, 2.05) is 25.1 Å². The molecule has 0 spiro atoms. The van der Waals surface area contributed by atoms with Gasteiger partial charge < -0.3 is 13.7 Å². The second kappa shape index (κ2) is 13.8. The lowest BCUT2D eigenvalue weighted by molar-refractivity contribution is -0.122. The lowest BCUT2D eigenvalue weighted by atomic mass is 10.1. The van der Waals surface area contributed by atoms with E-state index in [9.17, 15) is 22.8 Å². The summed E-state index contributed by atoms with van der Waals surface area (Å²) in [5.41, 5.74) is 1.83. The van der Waals surface area contributed by atoms with Gasteiger partial charge in [0.25, 0.3) is 11.8 Å². The molecule has 4 amide bonds. The number of urea groups is 1. The molecular weight excluding hydrogens is 700 g/mol. The molecule has 1 N–H and O–H groups in total. The molecule has 0 radical (unpaired) electrons. The Balaban J connectivity index is 1.40. The zero-order valence-electron chi connectivity index (χ0n) is 24.5. The number of ether oxygens (including phenoxy) is 2. The molecule has 1 saturated heterocycles. The highest BCUT2D eigenvalue weighted by molar-refractivity contribution is 9.10. The molecule has 4 aromatic carbocycles. The number of hydrogen-bond donors (Lipinski definition) is 1. The summed E-state index contributed by atoms with van der Waals surface area (Å²) in [7, 11) is -4.22. The van der Waals surface area contributed by atoms with Crippen molar-refractivity contribution in [1.82, 2.24) is 5.32 Å². The number of rotatable bonds is 10. The molecule has 1 aliphatic heterocycles. The van der Waals surface area contributed by atoms with Gasteiger partial charge in [0.05, 0.1) is 16.8 Å². The Kier molecular flexibility index (Phi) is 9.80. The maximum absolute atomic E-state index is 13.5. The van der Waals surface area contributed by atoms with Crippen LogP contribution in [0.25, 0.3) is 6.08 Å². The molecule has 0 bridgehead atoms. The molecule has 0 saturated carbocycles. The summed E-state index contributed by atoms with van der Waals surface area (Å²) in [6.45, 7) is 3.90. The number of imide groups is 2. The first-order chi connectivity index (χ1) is 22.0. The maximum atomic E-state index is 13.5. The predicted octanol–water partition coefficient (Wildman–Crippen LogP) is 6.82. The largest absolute Gasteiger partial charge is 0.490 e. The number of anilines is 1. The lowest BCUT2D eigenvalue weighted by Crippen LogP contribution is -2.54. The van der Waals surface area contributed by atoms with Crippen LogP contribution in [0.3, 0.4) is 0 Å². The summed E-state index contributed by atoms with van der Waals surface area (Å²) in [6.07, 6.45) is 1.27. The van der Waals surface area contributed by atoms with Gasteiger partial charge in [-0.3, -0.25) is 14.9 Å². The van der Waals surface area contributed by atoms with E-state index in [-0.39, 0.29) is 45.3 Å². The molecule has 46 heavy (non-hydrogen) atoms. The van der Waals surface area contributed by atoms with Crippen molar-refractivity contribution in [2.45, 2.75) is 25.3 Å². The first-order valence-electron chi connectivity index (χ1n) is 13.8. The third kappa shape index (κ3) is 7.25. The highest BCUT2D eigenvalue weighted by Crippen LogP contribution is 2.39. The van der Waals surface area contributed by atoms with E-state index in [2.05, 4.69) is 21.2 Å². The molecule has 0 aliphatic carbocycles. The second-order valence-corrected chi connectivity index (χ2v) is 12.8. The smallest absolute Gasteiger partial charge is 0.339 e. The van der Waals surface area contributed by atoms with E-state index in [0.29, 0.717) is 16.3 Å². The zero-order valence-corrected chi connectivity index (χ0v) is 27.6. The number of carbonyl (C=O) groups excluding carboxylic acids is 3. The number of hydrogen-bond acceptors (Lipinski definition) is 8. The van der Waals surface area contributed by atoms with Gasteiger partial charge in [0, 0.05) is 10.6 Å². The summed E-state index contributed by atoms with van der Waals surface area (Å²) >= 11 is 9.51. The van der Waals surface area contributed by atoms with Crippen LogP contribution < -0.4 is 23.9 Å². The molecule has 236 valence electrons. The average molecular weight is 726 g/mol. The van der Waals surface area contributed by atoms with Gasteiger partial charge in [0.1, 0.15) is 22.8 Å². The standard InChI is InChI=1S/C33H26BrClN2O8S/c1-3-43-29-18-21(17-27(34)30(29)45-46(41,42)25-14-8-20(2)9-15-25)16-26-31(38)36-33(40)37(32(26)39)23-10-12-24(13-11-23)44-19-22-6-4-5-7-28(22)35/h4-18H,3,19H2,1-2H3,(H,36,38,40)/b26-16+. The van der Waals surface area contributed by atoms with E-state index < -0.39 is 28.0 Å². The average Bonchev–Trinajstić information content (AvgIpc) is 3.01. The minimum Gasteiger partial charge on any atom is -0.490 e. The van der Waals surface area contributed by atoms with E-state index >= 15 is 0 Å². The van der Waals surface area contributed by atoms with Crippen molar-refractivity contribution in [2.24, 2.45) is 0 Å². The fraction of sp³-hybridized carbons (Fsp3) is 0.121. The Hall–Kier alpha value is -4.65. The number of nitrogens with zero attached hydrogens (tertiary/aromatic N) is 1. The van der Waals surface area contributed by atoms with Gasteiger partial charge in [-0.15, -0.1) is 0 Å². The van der Waals surface area contributed by atoms with Gasteiger partial charge in [0.15, 0.2) is 11.5 Å². The van der Waals surface area contributed by atoms with Crippen molar-refractivity contribution < 1.29 is 36.5 Å². The first kappa shape index (κ1) is 32.7. The SMILES string of the molecule is CCOc1cc(/C=C2\C(=O)NC(=O)N(c3ccc(OCc4ccccc4Cl)cc3)C2=O)cc(Br)c1OS(=O)(=O)c1ccc(C)cc1.